The molecule has 1 heterocycles. The number of carbonyl (C=O) groups excluding carboxylic acids is 1. The van der Waals surface area contributed by atoms with Crippen molar-refractivity contribution < 1.29 is 4.79 Å². The summed E-state index contributed by atoms with van der Waals surface area (Å²) in [5, 5.41) is -0.507. The molecule has 13 heavy (non-hydrogen) atoms. The topological polar surface area (TPSA) is 30.0 Å². The molecule has 0 aliphatic heterocycles. The zero-order valence-corrected chi connectivity index (χ0v) is 8.58. The Kier molecular flexibility index (Phi) is 2.24. The van der Waals surface area contributed by atoms with Crippen molar-refractivity contribution in [3.63, 3.8) is 0 Å². The second kappa shape index (κ2) is 3.25. The van der Waals surface area contributed by atoms with Crippen molar-refractivity contribution in [1.29, 1.82) is 0 Å². The Hall–Kier alpha value is -0.640. The lowest BCUT2D eigenvalue weighted by atomic mass is 10.2. The molecule has 0 saturated carbocycles. The van der Waals surface area contributed by atoms with E-state index < -0.39 is 5.24 Å². The minimum Gasteiger partial charge on any atom is -0.276 e. The number of fused-ring (bicyclic) bond motifs is 1. The molecule has 2 nitrogen and oxygen atoms in total. The van der Waals surface area contributed by atoms with Gasteiger partial charge in [-0.05, 0) is 23.7 Å². The molecule has 0 aliphatic rings. The summed E-state index contributed by atoms with van der Waals surface area (Å²) in [5.41, 5.74) is 0.986. The third kappa shape index (κ3) is 1.55. The predicted molar refractivity (Wildman–Crippen MR) is 54.8 cm³/mol. The van der Waals surface area contributed by atoms with Crippen LogP contribution in [0.3, 0.4) is 0 Å². The monoisotopic (exact) mass is 231 g/mol. The lowest BCUT2D eigenvalue weighted by Gasteiger charge is -1.92. The Labute approximate surface area is 88.1 Å². The summed E-state index contributed by atoms with van der Waals surface area (Å²) >= 11 is 12.4. The molecule has 0 N–H and O–H groups in total. The normalized spacial score (nSPS) is 10.6. The molecular formula is C8H3Cl2NOS. The van der Waals surface area contributed by atoms with Crippen LogP contribution < -0.4 is 0 Å². The van der Waals surface area contributed by atoms with Crippen molar-refractivity contribution in [2.24, 2.45) is 0 Å². The van der Waals surface area contributed by atoms with E-state index in [1.54, 1.807) is 12.1 Å². The largest absolute Gasteiger partial charge is 0.276 e. The Morgan fingerprint density at radius 3 is 2.92 bits per heavy atom. The Morgan fingerprint density at radius 1 is 1.46 bits per heavy atom. The van der Waals surface area contributed by atoms with Gasteiger partial charge in [-0.1, -0.05) is 17.7 Å². The lowest BCUT2D eigenvalue weighted by molar-refractivity contribution is 0.108. The van der Waals surface area contributed by atoms with Crippen LogP contribution in [0.15, 0.2) is 18.2 Å². The highest BCUT2D eigenvalue weighted by Crippen LogP contribution is 2.28. The van der Waals surface area contributed by atoms with Gasteiger partial charge < -0.3 is 0 Å². The summed E-state index contributed by atoms with van der Waals surface area (Å²) in [6, 6.07) is 5.24. The van der Waals surface area contributed by atoms with E-state index in [2.05, 4.69) is 4.98 Å². The van der Waals surface area contributed by atoms with E-state index in [0.29, 0.717) is 15.5 Å². The summed E-state index contributed by atoms with van der Waals surface area (Å²) in [4.78, 5) is 15.0. The molecule has 0 amide bonds. The minimum atomic E-state index is -0.507. The number of hydrogen-bond acceptors (Lipinski definition) is 3. The van der Waals surface area contributed by atoms with Gasteiger partial charge in [0.1, 0.15) is 0 Å². The van der Waals surface area contributed by atoms with Gasteiger partial charge in [-0.2, -0.15) is 0 Å². The number of nitrogens with zero attached hydrogens (tertiary/aromatic N) is 1. The van der Waals surface area contributed by atoms with Crippen molar-refractivity contribution in [2.75, 3.05) is 0 Å². The van der Waals surface area contributed by atoms with Crippen LogP contribution in [0.2, 0.25) is 4.47 Å². The van der Waals surface area contributed by atoms with Crippen molar-refractivity contribution in [1.82, 2.24) is 4.98 Å². The molecule has 0 bridgehead atoms. The molecule has 0 unspecified atom stereocenters. The molecule has 1 aromatic carbocycles. The number of para-hydroxylation sites is 1. The SMILES string of the molecule is O=C(Cl)c1cccc2sc(Cl)nc12. The van der Waals surface area contributed by atoms with Crippen LogP contribution in [-0.2, 0) is 0 Å². The highest BCUT2D eigenvalue weighted by atomic mass is 35.5. The predicted octanol–water partition coefficient (Wildman–Crippen LogP) is 3.33. The molecule has 0 fully saturated rings. The van der Waals surface area contributed by atoms with Gasteiger partial charge in [-0.25, -0.2) is 4.98 Å². The zero-order valence-electron chi connectivity index (χ0n) is 6.25. The quantitative estimate of drug-likeness (QED) is 0.706. The molecule has 0 saturated heterocycles. The summed E-state index contributed by atoms with van der Waals surface area (Å²) < 4.78 is 1.29. The van der Waals surface area contributed by atoms with Gasteiger partial charge >= 0.3 is 0 Å². The van der Waals surface area contributed by atoms with Crippen LogP contribution in [0.5, 0.6) is 0 Å². The van der Waals surface area contributed by atoms with E-state index in [-0.39, 0.29) is 0 Å². The average Bonchev–Trinajstić information content (AvgIpc) is 2.43. The van der Waals surface area contributed by atoms with E-state index in [1.165, 1.54) is 11.3 Å². The standard InChI is InChI=1S/C8H3Cl2NOS/c9-7(12)4-2-1-3-5-6(4)11-8(10)13-5/h1-3H. The van der Waals surface area contributed by atoms with Gasteiger partial charge in [0.15, 0.2) is 4.47 Å². The van der Waals surface area contributed by atoms with Crippen molar-refractivity contribution in [3.8, 4) is 0 Å². The van der Waals surface area contributed by atoms with Gasteiger partial charge in [0.05, 0.1) is 15.8 Å². The Morgan fingerprint density at radius 2 is 2.23 bits per heavy atom. The van der Waals surface area contributed by atoms with Gasteiger partial charge in [0.2, 0.25) is 0 Å². The number of benzene rings is 1. The Balaban J connectivity index is 2.82. The first-order valence-corrected chi connectivity index (χ1v) is 5.00. The molecule has 0 aliphatic carbocycles. The van der Waals surface area contributed by atoms with Crippen LogP contribution in [0.1, 0.15) is 10.4 Å². The number of thiazole rings is 1. The molecule has 66 valence electrons. The summed E-state index contributed by atoms with van der Waals surface area (Å²) in [5.74, 6) is 0. The van der Waals surface area contributed by atoms with Crippen molar-refractivity contribution in [3.05, 3.63) is 28.2 Å². The molecule has 2 aromatic rings. The van der Waals surface area contributed by atoms with E-state index in [0.717, 1.165) is 4.70 Å². The smallest absolute Gasteiger partial charge is 0.254 e. The maximum absolute atomic E-state index is 11.0. The molecule has 0 spiro atoms. The van der Waals surface area contributed by atoms with Crippen LogP contribution in [0.4, 0.5) is 0 Å². The Bertz CT molecular complexity index is 480. The summed E-state index contributed by atoms with van der Waals surface area (Å²) in [6.07, 6.45) is 0. The highest BCUT2D eigenvalue weighted by Gasteiger charge is 2.10. The van der Waals surface area contributed by atoms with E-state index in [9.17, 15) is 4.79 Å². The first-order valence-electron chi connectivity index (χ1n) is 3.43. The fraction of sp³-hybridized carbons (Fsp3) is 0. The third-order valence-corrected chi connectivity index (χ3v) is 2.93. The molecule has 0 radical (unpaired) electrons. The number of carbonyl (C=O) groups is 1. The highest BCUT2D eigenvalue weighted by molar-refractivity contribution is 7.22. The first kappa shape index (κ1) is 8.94. The first-order chi connectivity index (χ1) is 6.18. The van der Waals surface area contributed by atoms with E-state index in [4.69, 9.17) is 23.2 Å². The molecule has 1 aromatic heterocycles. The van der Waals surface area contributed by atoms with E-state index in [1.807, 2.05) is 6.07 Å². The number of halogens is 2. The number of rotatable bonds is 1. The van der Waals surface area contributed by atoms with Crippen LogP contribution in [0.25, 0.3) is 10.2 Å². The molecule has 2 rings (SSSR count). The maximum Gasteiger partial charge on any atom is 0.254 e. The second-order valence-corrected chi connectivity index (χ2v) is 4.35. The lowest BCUT2D eigenvalue weighted by Crippen LogP contribution is -1.89. The second-order valence-electron chi connectivity index (χ2n) is 2.39. The maximum atomic E-state index is 11.0. The fourth-order valence-electron chi connectivity index (χ4n) is 1.08. The zero-order chi connectivity index (χ0) is 9.42. The van der Waals surface area contributed by atoms with Crippen molar-refractivity contribution >= 4 is 50.0 Å². The summed E-state index contributed by atoms with van der Waals surface area (Å²) in [6.45, 7) is 0. The number of hydrogen-bond donors (Lipinski definition) is 0. The van der Waals surface area contributed by atoms with Gasteiger partial charge in [-0.15, -0.1) is 11.3 Å². The minimum absolute atomic E-state index is 0.405. The van der Waals surface area contributed by atoms with Crippen LogP contribution in [-0.4, -0.2) is 10.2 Å². The van der Waals surface area contributed by atoms with Crippen LogP contribution >= 0.6 is 34.5 Å². The van der Waals surface area contributed by atoms with E-state index >= 15 is 0 Å². The third-order valence-electron chi connectivity index (χ3n) is 1.60. The van der Waals surface area contributed by atoms with Crippen molar-refractivity contribution in [2.45, 2.75) is 0 Å². The van der Waals surface area contributed by atoms with Crippen LogP contribution in [0, 0.1) is 0 Å². The molecular weight excluding hydrogens is 229 g/mol. The molecule has 5 heteroatoms. The van der Waals surface area contributed by atoms with Gasteiger partial charge in [0.25, 0.3) is 5.24 Å². The summed E-state index contributed by atoms with van der Waals surface area (Å²) in [7, 11) is 0. The molecule has 0 atom stereocenters. The van der Waals surface area contributed by atoms with Gasteiger partial charge in [0, 0.05) is 0 Å². The number of aromatic nitrogens is 1. The van der Waals surface area contributed by atoms with Gasteiger partial charge in [-0.3, -0.25) is 4.79 Å². The fourth-order valence-corrected chi connectivity index (χ4v) is 2.28. The average molecular weight is 232 g/mol.